The molecule has 1 aromatic carbocycles. The lowest BCUT2D eigenvalue weighted by atomic mass is 10.0. The maximum Gasteiger partial charge on any atom is 0.343 e. The third-order valence-electron chi connectivity index (χ3n) is 4.45. The van der Waals surface area contributed by atoms with Gasteiger partial charge in [-0.1, -0.05) is 26.7 Å². The molecule has 1 saturated heterocycles. The van der Waals surface area contributed by atoms with Crippen molar-refractivity contribution >= 4 is 11.0 Å². The minimum absolute atomic E-state index is 0.0529. The van der Waals surface area contributed by atoms with E-state index in [2.05, 4.69) is 6.92 Å². The highest BCUT2D eigenvalue weighted by atomic mass is 16.7. The van der Waals surface area contributed by atoms with Crippen molar-refractivity contribution in [1.82, 2.24) is 0 Å². The number of hydrogen-bond donors (Lipinski definition) is 1. The first-order valence-electron chi connectivity index (χ1n) is 8.74. The molecule has 0 saturated carbocycles. The summed E-state index contributed by atoms with van der Waals surface area (Å²) in [7, 11) is 0. The summed E-state index contributed by atoms with van der Waals surface area (Å²) in [5.41, 5.74) is 0.394. The maximum absolute atomic E-state index is 10.7. The van der Waals surface area contributed by atoms with E-state index in [4.69, 9.17) is 13.9 Å². The van der Waals surface area contributed by atoms with Crippen LogP contribution in [-0.4, -0.2) is 30.7 Å². The molecule has 4 rings (SSSR count). The molecular weight excluding hydrogens is 308 g/mol. The molecule has 134 valence electrons. The minimum Gasteiger partial charge on any atom is -0.423 e. The quantitative estimate of drug-likeness (QED) is 0.906. The first kappa shape index (κ1) is 18.9. The molecule has 0 radical (unpaired) electrons. The average molecular weight is 336 g/mol. The molecule has 1 fully saturated rings. The molecule has 2 aromatic heterocycles. The lowest BCUT2D eigenvalue weighted by molar-refractivity contribution is -0.233. The van der Waals surface area contributed by atoms with E-state index in [-0.39, 0.29) is 23.9 Å². The Kier molecular flexibility index (Phi) is 7.21. The monoisotopic (exact) mass is 336 g/mol. The summed E-state index contributed by atoms with van der Waals surface area (Å²) in [4.78, 5) is 10.7. The number of benzene rings is 1. The van der Waals surface area contributed by atoms with Gasteiger partial charge in [0.15, 0.2) is 6.29 Å². The zero-order chi connectivity index (χ0) is 17.5. The molecule has 1 aliphatic heterocycles. The second-order valence-electron chi connectivity index (χ2n) is 6.56. The van der Waals surface area contributed by atoms with Crippen LogP contribution in [-0.2, 0) is 9.47 Å². The van der Waals surface area contributed by atoms with Gasteiger partial charge in [0.25, 0.3) is 0 Å². The topological polar surface area (TPSA) is 68.9 Å². The molecule has 24 heavy (non-hydrogen) atoms. The summed E-state index contributed by atoms with van der Waals surface area (Å²) in [6.45, 7) is 7.49. The van der Waals surface area contributed by atoms with Gasteiger partial charge in [0.2, 0.25) is 0 Å². The first-order chi connectivity index (χ1) is 11.5. The Hall–Kier alpha value is -1.43. The van der Waals surface area contributed by atoms with Gasteiger partial charge in [0, 0.05) is 11.8 Å². The smallest absolute Gasteiger partial charge is 0.343 e. The largest absolute Gasteiger partial charge is 0.423 e. The maximum atomic E-state index is 10.7. The van der Waals surface area contributed by atoms with Crippen molar-refractivity contribution in [1.29, 1.82) is 0 Å². The van der Waals surface area contributed by atoms with Gasteiger partial charge < -0.3 is 19.0 Å². The van der Waals surface area contributed by atoms with E-state index in [9.17, 15) is 9.90 Å². The molecule has 0 aliphatic carbocycles. The second-order valence-corrected chi connectivity index (χ2v) is 6.56. The Bertz CT molecular complexity index is 607. The SMILES string of the molecule is CCCCC1COC(C(C)C(C)O)OC1.O=c1oc2ccc1cc2. The van der Waals surface area contributed by atoms with Gasteiger partial charge >= 0.3 is 5.63 Å². The van der Waals surface area contributed by atoms with Gasteiger partial charge in [-0.3, -0.25) is 0 Å². The van der Waals surface area contributed by atoms with Gasteiger partial charge in [-0.25, -0.2) is 4.79 Å². The molecule has 5 heteroatoms. The predicted octanol–water partition coefficient (Wildman–Crippen LogP) is 3.41. The van der Waals surface area contributed by atoms with Gasteiger partial charge in [0.1, 0.15) is 5.58 Å². The van der Waals surface area contributed by atoms with Crippen molar-refractivity contribution in [2.24, 2.45) is 11.8 Å². The van der Waals surface area contributed by atoms with Crippen LogP contribution in [0, 0.1) is 11.8 Å². The van der Waals surface area contributed by atoms with Crippen molar-refractivity contribution < 1.29 is 19.0 Å². The van der Waals surface area contributed by atoms with Crippen molar-refractivity contribution in [2.45, 2.75) is 52.4 Å². The molecule has 1 N–H and O–H groups in total. The molecule has 2 bridgehead atoms. The molecular formula is C19H28O5. The van der Waals surface area contributed by atoms with Gasteiger partial charge in [-0.15, -0.1) is 0 Å². The summed E-state index contributed by atoms with van der Waals surface area (Å²) in [5.74, 6) is 0.597. The highest BCUT2D eigenvalue weighted by molar-refractivity contribution is 5.59. The molecule has 5 nitrogen and oxygen atoms in total. The van der Waals surface area contributed by atoms with Crippen molar-refractivity contribution in [3.63, 3.8) is 0 Å². The lowest BCUT2D eigenvalue weighted by Gasteiger charge is -2.33. The van der Waals surface area contributed by atoms with Crippen LogP contribution in [0.1, 0.15) is 40.0 Å². The van der Waals surface area contributed by atoms with Crippen LogP contribution in [0.2, 0.25) is 0 Å². The summed E-state index contributed by atoms with van der Waals surface area (Å²) in [6.07, 6.45) is 3.06. The van der Waals surface area contributed by atoms with E-state index in [1.807, 2.05) is 6.92 Å². The van der Waals surface area contributed by atoms with Crippen LogP contribution >= 0.6 is 0 Å². The fourth-order valence-corrected chi connectivity index (χ4v) is 2.57. The number of hydrogen-bond acceptors (Lipinski definition) is 5. The summed E-state index contributed by atoms with van der Waals surface area (Å²) < 4.78 is 16.0. The van der Waals surface area contributed by atoms with E-state index >= 15 is 0 Å². The Morgan fingerprint density at radius 2 is 1.79 bits per heavy atom. The molecule has 3 heterocycles. The fraction of sp³-hybridized carbons (Fsp3) is 0.632. The summed E-state index contributed by atoms with van der Waals surface area (Å²) >= 11 is 0. The minimum atomic E-state index is -0.373. The summed E-state index contributed by atoms with van der Waals surface area (Å²) in [5, 5.41) is 10.1. The number of unbranched alkanes of at least 4 members (excludes halogenated alkanes) is 1. The van der Waals surface area contributed by atoms with Crippen molar-refractivity contribution in [2.75, 3.05) is 13.2 Å². The van der Waals surface area contributed by atoms with Crippen LogP contribution in [0.5, 0.6) is 0 Å². The zero-order valence-corrected chi connectivity index (χ0v) is 14.7. The van der Waals surface area contributed by atoms with Gasteiger partial charge in [-0.2, -0.15) is 0 Å². The highest BCUT2D eigenvalue weighted by Crippen LogP contribution is 2.22. The molecule has 3 aromatic rings. The Morgan fingerprint density at radius 3 is 2.17 bits per heavy atom. The number of fused-ring (bicyclic) bond motifs is 3. The van der Waals surface area contributed by atoms with E-state index in [0.29, 0.717) is 16.9 Å². The molecule has 2 atom stereocenters. The van der Waals surface area contributed by atoms with Gasteiger partial charge in [-0.05, 0) is 37.6 Å². The van der Waals surface area contributed by atoms with Crippen LogP contribution in [0.15, 0.2) is 33.5 Å². The lowest BCUT2D eigenvalue weighted by Crippen LogP contribution is -2.39. The van der Waals surface area contributed by atoms with Crippen LogP contribution in [0.4, 0.5) is 0 Å². The second kappa shape index (κ2) is 9.16. The number of aliphatic hydroxyl groups excluding tert-OH is 1. The third kappa shape index (κ3) is 5.30. The number of aliphatic hydroxyl groups is 1. The average Bonchev–Trinajstić information content (AvgIpc) is 2.61. The van der Waals surface area contributed by atoms with Crippen LogP contribution in [0.25, 0.3) is 11.0 Å². The fourth-order valence-electron chi connectivity index (χ4n) is 2.57. The van der Waals surface area contributed by atoms with Crippen LogP contribution in [0.3, 0.4) is 0 Å². The number of rotatable bonds is 5. The van der Waals surface area contributed by atoms with E-state index in [1.165, 1.54) is 19.3 Å². The molecule has 1 aliphatic rings. The van der Waals surface area contributed by atoms with E-state index < -0.39 is 0 Å². The third-order valence-corrected chi connectivity index (χ3v) is 4.45. The Balaban J connectivity index is 0.000000194. The summed E-state index contributed by atoms with van der Waals surface area (Å²) in [6, 6.07) is 7.05. The molecule has 0 spiro atoms. The van der Waals surface area contributed by atoms with Crippen LogP contribution < -0.4 is 5.63 Å². The molecule has 2 unspecified atom stereocenters. The van der Waals surface area contributed by atoms with Gasteiger partial charge in [0.05, 0.1) is 24.7 Å². The van der Waals surface area contributed by atoms with E-state index in [0.717, 1.165) is 13.2 Å². The highest BCUT2D eigenvalue weighted by Gasteiger charge is 2.28. The van der Waals surface area contributed by atoms with Crippen molar-refractivity contribution in [3.05, 3.63) is 34.7 Å². The number of ether oxygens (including phenoxy) is 2. The predicted molar refractivity (Wildman–Crippen MR) is 93.2 cm³/mol. The zero-order valence-electron chi connectivity index (χ0n) is 14.7. The normalized spacial score (nSPS) is 23.5. The Labute approximate surface area is 142 Å². The first-order valence-corrected chi connectivity index (χ1v) is 8.74. The van der Waals surface area contributed by atoms with Crippen molar-refractivity contribution in [3.8, 4) is 0 Å². The van der Waals surface area contributed by atoms with E-state index in [1.54, 1.807) is 31.2 Å². The standard InChI is InChI=1S/C12H24O3.C7H4O2/c1-4-5-6-11-7-14-12(15-8-11)9(2)10(3)13;8-7-5-1-3-6(9-7)4-2-5/h9-13H,4-8H2,1-3H3;1-4H. The molecule has 0 amide bonds. The Morgan fingerprint density at radius 1 is 1.17 bits per heavy atom.